The van der Waals surface area contributed by atoms with Gasteiger partial charge >= 0.3 is 5.97 Å². The third-order valence-electron chi connectivity index (χ3n) is 6.93. The Morgan fingerprint density at radius 3 is 2.21 bits per heavy atom. The Bertz CT molecular complexity index is 1380. The SMILES string of the molecule is CSCCC(NC(=O)C(NC(=O)C(N)Cc1ccc(O)cc1)C(C)C)C(=O)NC(Cc1c[nH]c2ccccc12)C(=O)O. The number of phenolic OH excluding ortho intramolecular Hbond substituents is 1. The first kappa shape index (κ1) is 32.5. The number of aromatic amines is 1. The van der Waals surface area contributed by atoms with Gasteiger partial charge in [0.25, 0.3) is 0 Å². The van der Waals surface area contributed by atoms with E-state index in [0.29, 0.717) is 5.75 Å². The van der Waals surface area contributed by atoms with Crippen molar-refractivity contribution in [2.75, 3.05) is 12.0 Å². The summed E-state index contributed by atoms with van der Waals surface area (Å²) >= 11 is 1.48. The van der Waals surface area contributed by atoms with Crippen molar-refractivity contribution in [1.82, 2.24) is 20.9 Å². The summed E-state index contributed by atoms with van der Waals surface area (Å²) in [5.74, 6) is -2.62. The second kappa shape index (κ2) is 15.3. The van der Waals surface area contributed by atoms with Gasteiger partial charge in [0.1, 0.15) is 23.9 Å². The standard InChI is InChI=1S/C30H39N5O6S/c1-17(2)26(35-27(37)22(31)14-18-8-10-20(36)11-9-18)29(39)33-24(12-13-42-3)28(38)34-25(30(40)41)15-19-16-32-23-7-5-4-6-21(19)23/h4-11,16-17,22,24-26,32,36H,12-15,31H2,1-3H3,(H,33,39)(H,34,38)(H,35,37)(H,40,41). The zero-order valence-electron chi connectivity index (χ0n) is 23.9. The van der Waals surface area contributed by atoms with E-state index in [0.717, 1.165) is 22.0 Å². The van der Waals surface area contributed by atoms with Crippen LogP contribution in [0.5, 0.6) is 5.75 Å². The third kappa shape index (κ3) is 8.98. The van der Waals surface area contributed by atoms with Gasteiger partial charge in [0.05, 0.1) is 6.04 Å². The predicted octanol–water partition coefficient (Wildman–Crippen LogP) is 1.93. The number of hydrogen-bond donors (Lipinski definition) is 7. The molecule has 0 bridgehead atoms. The quantitative estimate of drug-likeness (QED) is 0.138. The number of aliphatic carboxylic acids is 1. The molecule has 11 nitrogen and oxygen atoms in total. The number of rotatable bonds is 15. The van der Waals surface area contributed by atoms with Gasteiger partial charge in [-0.05, 0) is 60.1 Å². The molecule has 8 N–H and O–H groups in total. The number of hydrogen-bond acceptors (Lipinski definition) is 7. The number of nitrogens with one attached hydrogen (secondary N) is 4. The lowest BCUT2D eigenvalue weighted by Crippen LogP contribution is -2.58. The molecule has 3 aromatic rings. The highest BCUT2D eigenvalue weighted by Gasteiger charge is 2.32. The lowest BCUT2D eigenvalue weighted by atomic mass is 10.0. The number of H-pyrrole nitrogens is 1. The molecule has 0 fully saturated rings. The van der Waals surface area contributed by atoms with Gasteiger partial charge in [-0.2, -0.15) is 11.8 Å². The van der Waals surface area contributed by atoms with E-state index in [-0.39, 0.29) is 30.9 Å². The fourth-order valence-electron chi connectivity index (χ4n) is 4.53. The van der Waals surface area contributed by atoms with E-state index in [1.165, 1.54) is 23.9 Å². The number of thioether (sulfide) groups is 1. The van der Waals surface area contributed by atoms with Crippen LogP contribution in [0.3, 0.4) is 0 Å². The molecule has 42 heavy (non-hydrogen) atoms. The van der Waals surface area contributed by atoms with E-state index >= 15 is 0 Å². The summed E-state index contributed by atoms with van der Waals surface area (Å²) in [6, 6.07) is 9.64. The van der Waals surface area contributed by atoms with Gasteiger partial charge in [-0.15, -0.1) is 0 Å². The van der Waals surface area contributed by atoms with Crippen LogP contribution in [0.2, 0.25) is 0 Å². The number of amides is 3. The smallest absolute Gasteiger partial charge is 0.326 e. The third-order valence-corrected chi connectivity index (χ3v) is 7.58. The molecule has 4 atom stereocenters. The number of carboxylic acid groups (broad SMARTS) is 1. The highest BCUT2D eigenvalue weighted by Crippen LogP contribution is 2.19. The summed E-state index contributed by atoms with van der Waals surface area (Å²) in [4.78, 5) is 54.7. The van der Waals surface area contributed by atoms with Crippen LogP contribution in [0.1, 0.15) is 31.4 Å². The zero-order valence-corrected chi connectivity index (χ0v) is 24.7. The summed E-state index contributed by atoms with van der Waals surface area (Å²) in [7, 11) is 0. The van der Waals surface area contributed by atoms with Crippen LogP contribution in [0.25, 0.3) is 10.9 Å². The molecule has 0 aliphatic heterocycles. The highest BCUT2D eigenvalue weighted by molar-refractivity contribution is 7.98. The van der Waals surface area contributed by atoms with Crippen LogP contribution in [0.4, 0.5) is 0 Å². The van der Waals surface area contributed by atoms with Gasteiger partial charge in [-0.1, -0.05) is 44.2 Å². The topological polar surface area (TPSA) is 187 Å². The largest absolute Gasteiger partial charge is 0.508 e. The fraction of sp³-hybridized carbons (Fsp3) is 0.400. The normalized spacial score (nSPS) is 14.1. The molecular weight excluding hydrogens is 558 g/mol. The number of benzene rings is 2. The molecule has 3 amide bonds. The van der Waals surface area contributed by atoms with Crippen LogP contribution in [-0.2, 0) is 32.0 Å². The summed E-state index contributed by atoms with van der Waals surface area (Å²) in [5.41, 5.74) is 8.44. The molecule has 0 radical (unpaired) electrons. The minimum atomic E-state index is -1.22. The molecule has 0 aliphatic rings. The molecule has 1 heterocycles. The number of aromatic nitrogens is 1. The molecule has 1 aromatic heterocycles. The average molecular weight is 598 g/mol. The van der Waals surface area contributed by atoms with Crippen LogP contribution >= 0.6 is 11.8 Å². The first-order valence-electron chi connectivity index (χ1n) is 13.7. The molecule has 0 aliphatic carbocycles. The molecular formula is C30H39N5O6S. The van der Waals surface area contributed by atoms with Gasteiger partial charge < -0.3 is 36.9 Å². The molecule has 0 spiro atoms. The maximum atomic E-state index is 13.3. The van der Waals surface area contributed by atoms with Gasteiger partial charge in [0.15, 0.2) is 0 Å². The lowest BCUT2D eigenvalue weighted by Gasteiger charge is -2.27. The Labute approximate surface area is 249 Å². The number of aromatic hydroxyl groups is 1. The van der Waals surface area contributed by atoms with Crippen molar-refractivity contribution in [3.8, 4) is 5.75 Å². The molecule has 3 rings (SSSR count). The monoisotopic (exact) mass is 597 g/mol. The summed E-state index contributed by atoms with van der Waals surface area (Å²) < 4.78 is 0. The Morgan fingerprint density at radius 2 is 1.57 bits per heavy atom. The number of carbonyl (C=O) groups excluding carboxylic acids is 3. The molecule has 0 saturated heterocycles. The Balaban J connectivity index is 1.68. The first-order chi connectivity index (χ1) is 20.0. The van der Waals surface area contributed by atoms with E-state index in [9.17, 15) is 29.4 Å². The first-order valence-corrected chi connectivity index (χ1v) is 15.1. The average Bonchev–Trinajstić information content (AvgIpc) is 3.36. The number of para-hydroxylation sites is 1. The van der Waals surface area contributed by atoms with Crippen molar-refractivity contribution in [3.05, 3.63) is 65.9 Å². The van der Waals surface area contributed by atoms with E-state index in [2.05, 4.69) is 20.9 Å². The van der Waals surface area contributed by atoms with Crippen LogP contribution < -0.4 is 21.7 Å². The Kier molecular flexibility index (Phi) is 11.8. The lowest BCUT2D eigenvalue weighted by molar-refractivity contribution is -0.142. The van der Waals surface area contributed by atoms with E-state index in [1.54, 1.807) is 32.2 Å². The summed E-state index contributed by atoms with van der Waals surface area (Å²) in [5, 5.41) is 28.2. The zero-order chi connectivity index (χ0) is 30.8. The Morgan fingerprint density at radius 1 is 0.905 bits per heavy atom. The van der Waals surface area contributed by atoms with Crippen LogP contribution in [-0.4, -0.2) is 75.1 Å². The van der Waals surface area contributed by atoms with E-state index in [4.69, 9.17) is 5.73 Å². The molecule has 12 heteroatoms. The molecule has 4 unspecified atom stereocenters. The Hall–Kier alpha value is -4.03. The van der Waals surface area contributed by atoms with Crippen molar-refractivity contribution < 1.29 is 29.4 Å². The van der Waals surface area contributed by atoms with Crippen molar-refractivity contribution in [2.45, 2.75) is 57.3 Å². The minimum Gasteiger partial charge on any atom is -0.508 e. The number of fused-ring (bicyclic) bond motifs is 1. The maximum absolute atomic E-state index is 13.3. The number of phenols is 1. The van der Waals surface area contributed by atoms with Gasteiger partial charge in [-0.25, -0.2) is 4.79 Å². The number of carboxylic acids is 1. The van der Waals surface area contributed by atoms with E-state index < -0.39 is 47.9 Å². The van der Waals surface area contributed by atoms with Gasteiger partial charge in [0.2, 0.25) is 17.7 Å². The summed E-state index contributed by atoms with van der Waals surface area (Å²) in [6.07, 6.45) is 4.10. The van der Waals surface area contributed by atoms with Gasteiger partial charge in [-0.3, -0.25) is 14.4 Å². The molecule has 0 saturated carbocycles. The van der Waals surface area contributed by atoms with Crippen molar-refractivity contribution in [3.63, 3.8) is 0 Å². The maximum Gasteiger partial charge on any atom is 0.326 e. The molecule has 2 aromatic carbocycles. The predicted molar refractivity (Wildman–Crippen MR) is 163 cm³/mol. The van der Waals surface area contributed by atoms with Crippen LogP contribution in [0.15, 0.2) is 54.7 Å². The number of nitrogens with two attached hydrogens (primary N) is 1. The van der Waals surface area contributed by atoms with Crippen LogP contribution in [0, 0.1) is 5.92 Å². The second-order valence-corrected chi connectivity index (χ2v) is 11.5. The second-order valence-electron chi connectivity index (χ2n) is 10.5. The van der Waals surface area contributed by atoms with Crippen molar-refractivity contribution >= 4 is 46.4 Å². The fourth-order valence-corrected chi connectivity index (χ4v) is 5.00. The van der Waals surface area contributed by atoms with E-state index in [1.807, 2.05) is 30.5 Å². The molecule has 226 valence electrons. The van der Waals surface area contributed by atoms with Gasteiger partial charge in [0, 0.05) is 23.5 Å². The number of carbonyl (C=O) groups is 4. The highest BCUT2D eigenvalue weighted by atomic mass is 32.2. The summed E-state index contributed by atoms with van der Waals surface area (Å²) in [6.45, 7) is 3.52. The van der Waals surface area contributed by atoms with Crippen molar-refractivity contribution in [2.24, 2.45) is 11.7 Å². The van der Waals surface area contributed by atoms with Crippen molar-refractivity contribution in [1.29, 1.82) is 0 Å². The minimum absolute atomic E-state index is 0.0534.